The first-order valence-corrected chi connectivity index (χ1v) is 10.6. The van der Waals surface area contributed by atoms with Gasteiger partial charge < -0.3 is 14.5 Å². The smallest absolute Gasteiger partial charge is 0.274 e. The first-order chi connectivity index (χ1) is 13.9. The molecule has 3 aromatic heterocycles. The Balaban J connectivity index is 1.58. The zero-order valence-electron chi connectivity index (χ0n) is 15.4. The van der Waals surface area contributed by atoms with Crippen LogP contribution in [-0.2, 0) is 10.0 Å². The lowest BCUT2D eigenvalue weighted by Gasteiger charge is -2.20. The zero-order chi connectivity index (χ0) is 20.4. The third kappa shape index (κ3) is 4.09. The second kappa shape index (κ2) is 7.82. The van der Waals surface area contributed by atoms with E-state index in [4.69, 9.17) is 11.6 Å². The minimum atomic E-state index is -3.67. The summed E-state index contributed by atoms with van der Waals surface area (Å²) in [5.41, 5.74) is 1.64. The number of H-pyrrole nitrogens is 1. The molecule has 0 unspecified atom stereocenters. The number of likely N-dealkylation sites (N-methyl/N-ethyl adjacent to an activating group) is 1. The number of halogens is 1. The van der Waals surface area contributed by atoms with Gasteiger partial charge in [0.2, 0.25) is 5.16 Å². The number of imidazole rings is 2. The Morgan fingerprint density at radius 3 is 2.86 bits per heavy atom. The molecular weight excluding hydrogens is 414 g/mol. The van der Waals surface area contributed by atoms with Gasteiger partial charge in [-0.2, -0.15) is 0 Å². The standard InChI is InChI=1S/C18H18ClN7O2S/c1-25(8-7-23-29(27,28)18-21-4-5-22-18)17-11-16(26-9-6-20-12-26)14-3-2-13(19)10-15(14)24-17/h2-6,9-12,23H,7-8H2,1H3,(H,21,22). The van der Waals surface area contributed by atoms with Gasteiger partial charge in [-0.1, -0.05) is 11.6 Å². The minimum absolute atomic E-state index is 0.110. The maximum absolute atomic E-state index is 12.2. The highest BCUT2D eigenvalue weighted by Crippen LogP contribution is 2.27. The Morgan fingerprint density at radius 2 is 2.14 bits per heavy atom. The van der Waals surface area contributed by atoms with Crippen molar-refractivity contribution >= 4 is 38.3 Å². The third-order valence-corrected chi connectivity index (χ3v) is 5.93. The molecule has 4 aromatic rings. The number of aromatic amines is 1. The van der Waals surface area contributed by atoms with Crippen molar-refractivity contribution in [3.8, 4) is 5.69 Å². The van der Waals surface area contributed by atoms with Crippen LogP contribution >= 0.6 is 11.6 Å². The molecule has 0 aliphatic carbocycles. The predicted molar refractivity (Wildman–Crippen MR) is 111 cm³/mol. The topological polar surface area (TPSA) is 109 Å². The summed E-state index contributed by atoms with van der Waals surface area (Å²) < 4.78 is 28.8. The number of aromatic nitrogens is 5. The second-order valence-electron chi connectivity index (χ2n) is 6.34. The number of benzene rings is 1. The average Bonchev–Trinajstić information content (AvgIpc) is 3.40. The summed E-state index contributed by atoms with van der Waals surface area (Å²) in [7, 11) is -1.83. The van der Waals surface area contributed by atoms with E-state index >= 15 is 0 Å². The van der Waals surface area contributed by atoms with E-state index in [1.54, 1.807) is 18.6 Å². The van der Waals surface area contributed by atoms with Gasteiger partial charge in [-0.3, -0.25) is 0 Å². The van der Waals surface area contributed by atoms with Crippen molar-refractivity contribution < 1.29 is 8.42 Å². The fourth-order valence-electron chi connectivity index (χ4n) is 2.91. The van der Waals surface area contributed by atoms with Gasteiger partial charge in [0.15, 0.2) is 0 Å². The van der Waals surface area contributed by atoms with Gasteiger partial charge in [0.05, 0.1) is 17.5 Å². The highest BCUT2D eigenvalue weighted by Gasteiger charge is 2.17. The van der Waals surface area contributed by atoms with Crippen LogP contribution in [-0.4, -0.2) is 53.1 Å². The molecule has 0 saturated heterocycles. The molecular formula is C18H18ClN7O2S. The van der Waals surface area contributed by atoms with Crippen molar-refractivity contribution in [2.24, 2.45) is 0 Å². The van der Waals surface area contributed by atoms with Crippen molar-refractivity contribution in [2.45, 2.75) is 5.16 Å². The van der Waals surface area contributed by atoms with Crippen molar-refractivity contribution in [2.75, 3.05) is 25.0 Å². The summed E-state index contributed by atoms with van der Waals surface area (Å²) in [4.78, 5) is 17.0. The monoisotopic (exact) mass is 431 g/mol. The summed E-state index contributed by atoms with van der Waals surface area (Å²) in [5.74, 6) is 0.681. The number of nitrogens with zero attached hydrogens (tertiary/aromatic N) is 5. The number of nitrogens with one attached hydrogen (secondary N) is 2. The molecule has 0 aliphatic rings. The second-order valence-corrected chi connectivity index (χ2v) is 8.46. The lowest BCUT2D eigenvalue weighted by atomic mass is 10.1. The zero-order valence-corrected chi connectivity index (χ0v) is 17.0. The van der Waals surface area contributed by atoms with Crippen molar-refractivity contribution in [3.63, 3.8) is 0 Å². The Morgan fingerprint density at radius 1 is 1.28 bits per heavy atom. The van der Waals surface area contributed by atoms with E-state index in [1.807, 2.05) is 40.9 Å². The van der Waals surface area contributed by atoms with Gasteiger partial charge in [0, 0.05) is 61.4 Å². The average molecular weight is 432 g/mol. The molecule has 2 N–H and O–H groups in total. The van der Waals surface area contributed by atoms with Gasteiger partial charge in [0.1, 0.15) is 5.82 Å². The molecule has 11 heteroatoms. The molecule has 1 aromatic carbocycles. The third-order valence-electron chi connectivity index (χ3n) is 4.38. The quantitative estimate of drug-likeness (QED) is 0.464. The van der Waals surface area contributed by atoms with E-state index in [0.717, 1.165) is 16.6 Å². The van der Waals surface area contributed by atoms with Crippen molar-refractivity contribution in [1.82, 2.24) is 29.2 Å². The molecule has 0 amide bonds. The van der Waals surface area contributed by atoms with Crippen LogP contribution in [0.1, 0.15) is 0 Å². The molecule has 0 fully saturated rings. The number of pyridine rings is 1. The molecule has 150 valence electrons. The molecule has 3 heterocycles. The number of hydrogen-bond donors (Lipinski definition) is 2. The van der Waals surface area contributed by atoms with Crippen molar-refractivity contribution in [1.29, 1.82) is 0 Å². The largest absolute Gasteiger partial charge is 0.358 e. The number of anilines is 1. The van der Waals surface area contributed by atoms with E-state index in [1.165, 1.54) is 12.4 Å². The van der Waals surface area contributed by atoms with Gasteiger partial charge in [-0.15, -0.1) is 0 Å². The molecule has 0 spiro atoms. The van der Waals surface area contributed by atoms with E-state index in [9.17, 15) is 8.42 Å². The van der Waals surface area contributed by atoms with Crippen LogP contribution in [0.3, 0.4) is 0 Å². The Hall–Kier alpha value is -2.95. The fraction of sp³-hybridized carbons (Fsp3) is 0.167. The lowest BCUT2D eigenvalue weighted by Crippen LogP contribution is -2.33. The summed E-state index contributed by atoms with van der Waals surface area (Å²) in [6.07, 6.45) is 8.12. The molecule has 0 aliphatic heterocycles. The van der Waals surface area contributed by atoms with E-state index in [-0.39, 0.29) is 11.7 Å². The molecule has 0 radical (unpaired) electrons. The normalized spacial score (nSPS) is 11.8. The van der Waals surface area contributed by atoms with Crippen LogP contribution in [0, 0.1) is 0 Å². The summed E-state index contributed by atoms with van der Waals surface area (Å²) in [6.45, 7) is 0.595. The maximum atomic E-state index is 12.2. The number of rotatable bonds is 7. The summed E-state index contributed by atoms with van der Waals surface area (Å²) in [5, 5.41) is 1.41. The molecule has 0 atom stereocenters. The van der Waals surface area contributed by atoms with Crippen LogP contribution in [0.2, 0.25) is 5.02 Å². The number of fused-ring (bicyclic) bond motifs is 1. The van der Waals surface area contributed by atoms with Crippen molar-refractivity contribution in [3.05, 3.63) is 60.4 Å². The van der Waals surface area contributed by atoms with Crippen LogP contribution in [0.5, 0.6) is 0 Å². The first kappa shape index (κ1) is 19.4. The highest BCUT2D eigenvalue weighted by molar-refractivity contribution is 7.89. The van der Waals surface area contributed by atoms with E-state index < -0.39 is 10.0 Å². The Labute approximate surface area is 172 Å². The van der Waals surface area contributed by atoms with Gasteiger partial charge in [0.25, 0.3) is 10.0 Å². The van der Waals surface area contributed by atoms with Crippen LogP contribution in [0.25, 0.3) is 16.6 Å². The summed E-state index contributed by atoms with van der Waals surface area (Å²) in [6, 6.07) is 7.47. The predicted octanol–water partition coefficient (Wildman–Crippen LogP) is 2.21. The maximum Gasteiger partial charge on any atom is 0.274 e. The molecule has 9 nitrogen and oxygen atoms in total. The van der Waals surface area contributed by atoms with Gasteiger partial charge >= 0.3 is 0 Å². The van der Waals surface area contributed by atoms with E-state index in [2.05, 4.69) is 24.7 Å². The SMILES string of the molecule is CN(CCNS(=O)(=O)c1ncc[nH]1)c1cc(-n2ccnc2)c2ccc(Cl)cc2n1. The van der Waals surface area contributed by atoms with Gasteiger partial charge in [-0.05, 0) is 18.2 Å². The molecule has 4 rings (SSSR count). The number of hydrogen-bond acceptors (Lipinski definition) is 6. The minimum Gasteiger partial charge on any atom is -0.358 e. The van der Waals surface area contributed by atoms with Crippen LogP contribution < -0.4 is 9.62 Å². The Kier molecular flexibility index (Phi) is 5.22. The Bertz CT molecular complexity index is 1220. The lowest BCUT2D eigenvalue weighted by molar-refractivity contribution is 0.574. The van der Waals surface area contributed by atoms with Crippen LogP contribution in [0.15, 0.2) is 60.5 Å². The molecule has 29 heavy (non-hydrogen) atoms. The summed E-state index contributed by atoms with van der Waals surface area (Å²) >= 11 is 6.15. The van der Waals surface area contributed by atoms with Gasteiger partial charge in [-0.25, -0.2) is 28.1 Å². The fourth-order valence-corrected chi connectivity index (χ4v) is 3.99. The molecule has 0 bridgehead atoms. The van der Waals surface area contributed by atoms with E-state index in [0.29, 0.717) is 17.4 Å². The highest BCUT2D eigenvalue weighted by atomic mass is 35.5. The molecule has 0 saturated carbocycles. The number of sulfonamides is 1. The first-order valence-electron chi connectivity index (χ1n) is 8.73. The van der Waals surface area contributed by atoms with Crippen LogP contribution in [0.4, 0.5) is 5.82 Å².